The Kier molecular flexibility index (Phi) is 23.0. The van der Waals surface area contributed by atoms with Gasteiger partial charge in [0.2, 0.25) is 11.8 Å². The maximum absolute atomic E-state index is 13.1. The SMILES string of the molecule is CCCCCCCCCCCCCCCCCCNC(=O)C1CC=CC(C(=O)NC)C1COC(=O)NCCCN(C)C. The number of hydrogen-bond acceptors (Lipinski definition) is 5. The van der Waals surface area contributed by atoms with E-state index in [4.69, 9.17) is 4.74 Å². The molecule has 0 fully saturated rings. The maximum Gasteiger partial charge on any atom is 0.407 e. The van der Waals surface area contributed by atoms with E-state index in [0.717, 1.165) is 25.8 Å². The molecule has 3 N–H and O–H groups in total. The van der Waals surface area contributed by atoms with E-state index in [2.05, 4.69) is 27.8 Å². The first-order valence-electron chi connectivity index (χ1n) is 17.1. The number of nitrogens with one attached hydrogen (secondary N) is 3. The van der Waals surface area contributed by atoms with E-state index in [1.165, 1.54) is 89.9 Å². The molecular weight excluding hydrogens is 528 g/mol. The summed E-state index contributed by atoms with van der Waals surface area (Å²) in [6.07, 6.45) is 25.7. The van der Waals surface area contributed by atoms with Gasteiger partial charge in [-0.15, -0.1) is 0 Å². The lowest BCUT2D eigenvalue weighted by molar-refractivity contribution is -0.131. The molecule has 0 aliphatic heterocycles. The number of ether oxygens (including phenoxy) is 1. The average Bonchev–Trinajstić information content (AvgIpc) is 2.99. The summed E-state index contributed by atoms with van der Waals surface area (Å²) in [5.41, 5.74) is 0. The van der Waals surface area contributed by atoms with Crippen LogP contribution in [0.1, 0.15) is 122 Å². The highest BCUT2D eigenvalue weighted by atomic mass is 16.5. The van der Waals surface area contributed by atoms with Crippen molar-refractivity contribution in [3.8, 4) is 0 Å². The largest absolute Gasteiger partial charge is 0.449 e. The molecule has 3 atom stereocenters. The molecule has 1 aliphatic carbocycles. The Labute approximate surface area is 257 Å². The minimum absolute atomic E-state index is 0.0269. The molecule has 0 radical (unpaired) electrons. The van der Waals surface area contributed by atoms with E-state index in [9.17, 15) is 14.4 Å². The Morgan fingerprint density at radius 2 is 1.26 bits per heavy atom. The smallest absolute Gasteiger partial charge is 0.407 e. The second-order valence-electron chi connectivity index (χ2n) is 12.4. The molecule has 3 unspecified atom stereocenters. The van der Waals surface area contributed by atoms with E-state index in [1.54, 1.807) is 7.05 Å². The summed E-state index contributed by atoms with van der Waals surface area (Å²) in [7, 11) is 5.56. The van der Waals surface area contributed by atoms with Crippen molar-refractivity contribution in [2.24, 2.45) is 17.8 Å². The van der Waals surface area contributed by atoms with Gasteiger partial charge in [0.1, 0.15) is 0 Å². The number of amides is 3. The summed E-state index contributed by atoms with van der Waals surface area (Å²) < 4.78 is 5.47. The normalized spacial score (nSPS) is 18.2. The highest BCUT2D eigenvalue weighted by Gasteiger charge is 2.39. The van der Waals surface area contributed by atoms with Crippen LogP contribution < -0.4 is 16.0 Å². The van der Waals surface area contributed by atoms with Crippen molar-refractivity contribution in [2.45, 2.75) is 122 Å². The summed E-state index contributed by atoms with van der Waals surface area (Å²) in [4.78, 5) is 39.9. The summed E-state index contributed by atoms with van der Waals surface area (Å²) in [6, 6.07) is 0. The number of carbonyl (C=O) groups excluding carboxylic acids is 3. The monoisotopic (exact) mass is 592 g/mol. The van der Waals surface area contributed by atoms with Crippen molar-refractivity contribution in [1.29, 1.82) is 0 Å². The third-order valence-corrected chi connectivity index (χ3v) is 8.39. The Hall–Kier alpha value is -2.09. The number of alkyl carbamates (subject to hydrolysis) is 1. The zero-order valence-electron chi connectivity index (χ0n) is 27.5. The summed E-state index contributed by atoms with van der Waals surface area (Å²) in [6.45, 7) is 4.33. The van der Waals surface area contributed by atoms with E-state index >= 15 is 0 Å². The number of hydrogen-bond donors (Lipinski definition) is 3. The molecule has 0 aromatic heterocycles. The van der Waals surface area contributed by atoms with E-state index in [0.29, 0.717) is 19.5 Å². The molecule has 244 valence electrons. The van der Waals surface area contributed by atoms with Crippen LogP contribution in [0.2, 0.25) is 0 Å². The molecule has 0 saturated carbocycles. The summed E-state index contributed by atoms with van der Waals surface area (Å²) >= 11 is 0. The van der Waals surface area contributed by atoms with Crippen molar-refractivity contribution in [3.05, 3.63) is 12.2 Å². The van der Waals surface area contributed by atoms with Crippen LogP contribution in [0, 0.1) is 17.8 Å². The van der Waals surface area contributed by atoms with Crippen molar-refractivity contribution in [3.63, 3.8) is 0 Å². The summed E-state index contributed by atoms with van der Waals surface area (Å²) in [5.74, 6) is -1.53. The molecule has 1 aliphatic rings. The fourth-order valence-corrected chi connectivity index (χ4v) is 5.73. The van der Waals surface area contributed by atoms with Crippen LogP contribution >= 0.6 is 0 Å². The lowest BCUT2D eigenvalue weighted by Crippen LogP contribution is -2.45. The third-order valence-electron chi connectivity index (χ3n) is 8.39. The first-order valence-corrected chi connectivity index (χ1v) is 17.1. The minimum atomic E-state index is -0.508. The average molecular weight is 593 g/mol. The van der Waals surface area contributed by atoms with E-state index < -0.39 is 23.8 Å². The number of rotatable bonds is 25. The maximum atomic E-state index is 13.1. The lowest BCUT2D eigenvalue weighted by atomic mass is 9.75. The molecule has 0 saturated heterocycles. The number of carbonyl (C=O) groups is 3. The quantitative estimate of drug-likeness (QED) is 0.0820. The second kappa shape index (κ2) is 25.4. The highest BCUT2D eigenvalue weighted by Crippen LogP contribution is 2.31. The minimum Gasteiger partial charge on any atom is -0.449 e. The predicted octanol–water partition coefficient (Wildman–Crippen LogP) is 6.60. The molecule has 0 spiro atoms. The topological polar surface area (TPSA) is 99.8 Å². The van der Waals surface area contributed by atoms with E-state index in [-0.39, 0.29) is 18.4 Å². The number of nitrogens with zero attached hydrogens (tertiary/aromatic N) is 1. The standard InChI is InChI=1S/C34H64N4O4/c1-5-6-7-8-9-10-11-12-13-14-15-16-17-18-19-20-25-36-33(40)30-24-21-23-29(32(39)35-2)31(30)28-42-34(41)37-26-22-27-38(3)4/h21,23,29-31H,5-20,22,24-28H2,1-4H3,(H,35,39)(H,36,40)(H,37,41). The van der Waals surface area contributed by atoms with Gasteiger partial charge in [0, 0.05) is 32.0 Å². The molecule has 0 aromatic carbocycles. The van der Waals surface area contributed by atoms with Gasteiger partial charge in [0.15, 0.2) is 0 Å². The second-order valence-corrected chi connectivity index (χ2v) is 12.4. The van der Waals surface area contributed by atoms with Crippen LogP contribution in [0.3, 0.4) is 0 Å². The van der Waals surface area contributed by atoms with E-state index in [1.807, 2.05) is 26.2 Å². The summed E-state index contributed by atoms with van der Waals surface area (Å²) in [5, 5.41) is 8.53. The van der Waals surface area contributed by atoms with Crippen molar-refractivity contribution < 1.29 is 19.1 Å². The molecule has 0 heterocycles. The van der Waals surface area contributed by atoms with Crippen LogP contribution in [0.4, 0.5) is 4.79 Å². The van der Waals surface area contributed by atoms with Gasteiger partial charge in [0.05, 0.1) is 12.5 Å². The van der Waals surface area contributed by atoms with Crippen LogP contribution in [0.5, 0.6) is 0 Å². The van der Waals surface area contributed by atoms with Gasteiger partial charge in [-0.25, -0.2) is 4.79 Å². The van der Waals surface area contributed by atoms with Gasteiger partial charge in [0.25, 0.3) is 0 Å². The van der Waals surface area contributed by atoms with Gasteiger partial charge in [-0.1, -0.05) is 115 Å². The van der Waals surface area contributed by atoms with Crippen LogP contribution in [0.15, 0.2) is 12.2 Å². The Bertz CT molecular complexity index is 743. The zero-order valence-corrected chi connectivity index (χ0v) is 27.5. The molecule has 0 aromatic rings. The number of allylic oxidation sites excluding steroid dienone is 1. The molecule has 0 bridgehead atoms. The van der Waals surface area contributed by atoms with Crippen molar-refractivity contribution >= 4 is 17.9 Å². The first-order chi connectivity index (χ1) is 20.4. The molecule has 42 heavy (non-hydrogen) atoms. The fraction of sp³-hybridized carbons (Fsp3) is 0.853. The number of unbranched alkanes of at least 4 members (excludes halogenated alkanes) is 15. The first kappa shape index (κ1) is 37.9. The Morgan fingerprint density at radius 1 is 0.738 bits per heavy atom. The van der Waals surface area contributed by atoms with Gasteiger partial charge in [-0.2, -0.15) is 0 Å². The molecule has 8 heteroatoms. The van der Waals surface area contributed by atoms with Gasteiger partial charge >= 0.3 is 6.09 Å². The van der Waals surface area contributed by atoms with Crippen LogP contribution in [-0.2, 0) is 14.3 Å². The van der Waals surface area contributed by atoms with Gasteiger partial charge < -0.3 is 25.6 Å². The molecule has 3 amide bonds. The predicted molar refractivity (Wildman–Crippen MR) is 173 cm³/mol. The lowest BCUT2D eigenvalue weighted by Gasteiger charge is -2.32. The van der Waals surface area contributed by atoms with Gasteiger partial charge in [-0.3, -0.25) is 9.59 Å². The highest BCUT2D eigenvalue weighted by molar-refractivity contribution is 5.84. The van der Waals surface area contributed by atoms with Gasteiger partial charge in [-0.05, 0) is 39.9 Å². The van der Waals surface area contributed by atoms with Crippen molar-refractivity contribution in [2.75, 3.05) is 47.4 Å². The van der Waals surface area contributed by atoms with Crippen molar-refractivity contribution in [1.82, 2.24) is 20.9 Å². The van der Waals surface area contributed by atoms with Crippen LogP contribution in [-0.4, -0.2) is 70.2 Å². The third kappa shape index (κ3) is 18.4. The molecular formula is C34H64N4O4. The Morgan fingerprint density at radius 3 is 1.79 bits per heavy atom. The molecule has 8 nitrogen and oxygen atoms in total. The van der Waals surface area contributed by atoms with Crippen LogP contribution in [0.25, 0.3) is 0 Å². The Balaban J connectivity index is 2.23. The zero-order chi connectivity index (χ0) is 30.8. The fourth-order valence-electron chi connectivity index (χ4n) is 5.73. The molecule has 1 rings (SSSR count).